The second-order valence-corrected chi connectivity index (χ2v) is 7.00. The summed E-state index contributed by atoms with van der Waals surface area (Å²) in [4.78, 5) is 28.8. The van der Waals surface area contributed by atoms with E-state index in [4.69, 9.17) is 8.83 Å². The fraction of sp³-hybridized carbons (Fsp3) is 0.333. The van der Waals surface area contributed by atoms with Gasteiger partial charge in [-0.2, -0.15) is 0 Å². The Labute approximate surface area is 157 Å². The molecule has 6 heteroatoms. The number of nitrogens with zero attached hydrogens (tertiary/aromatic N) is 2. The predicted octanol–water partition coefficient (Wildman–Crippen LogP) is 2.58. The third-order valence-electron chi connectivity index (χ3n) is 5.01. The van der Waals surface area contributed by atoms with Crippen LogP contribution in [0.2, 0.25) is 0 Å². The van der Waals surface area contributed by atoms with Crippen molar-refractivity contribution >= 4 is 16.9 Å². The number of carbonyl (C=O) groups is 1. The third kappa shape index (κ3) is 3.95. The zero-order chi connectivity index (χ0) is 18.8. The molecule has 1 aliphatic rings. The largest absolute Gasteiger partial charge is 0.468 e. The van der Waals surface area contributed by atoms with E-state index in [1.807, 2.05) is 42.2 Å². The van der Waals surface area contributed by atoms with E-state index in [1.54, 1.807) is 6.26 Å². The topological polar surface area (TPSA) is 66.9 Å². The first-order valence-electron chi connectivity index (χ1n) is 9.14. The lowest BCUT2D eigenvalue weighted by atomic mass is 10.0. The summed E-state index contributed by atoms with van der Waals surface area (Å²) in [6.07, 6.45) is 1.89. The molecule has 0 N–H and O–H groups in total. The average Bonchev–Trinajstić information content (AvgIpc) is 3.14. The Kier molecular flexibility index (Phi) is 4.81. The molecule has 1 fully saturated rings. The number of furan rings is 1. The van der Waals surface area contributed by atoms with Crippen LogP contribution in [0.15, 0.2) is 56.3 Å². The van der Waals surface area contributed by atoms with Crippen LogP contribution in [0.4, 0.5) is 0 Å². The molecule has 1 aliphatic heterocycles. The molecule has 0 spiro atoms. The minimum absolute atomic E-state index is 0.0418. The summed E-state index contributed by atoms with van der Waals surface area (Å²) in [6, 6.07) is 11.0. The molecule has 140 valence electrons. The van der Waals surface area contributed by atoms with Crippen LogP contribution in [-0.2, 0) is 17.8 Å². The highest BCUT2D eigenvalue weighted by molar-refractivity contribution is 5.87. The summed E-state index contributed by atoms with van der Waals surface area (Å²) in [7, 11) is 0. The second-order valence-electron chi connectivity index (χ2n) is 7.00. The number of piperazine rings is 1. The second kappa shape index (κ2) is 7.40. The highest BCUT2D eigenvalue weighted by atomic mass is 16.4. The van der Waals surface area contributed by atoms with Crippen LogP contribution in [0, 0.1) is 6.92 Å². The molecule has 0 atom stereocenters. The molecule has 3 aromatic rings. The number of aryl methyl sites for hydroxylation is 1. The van der Waals surface area contributed by atoms with Crippen molar-refractivity contribution in [2.24, 2.45) is 0 Å². The molecule has 0 radical (unpaired) electrons. The van der Waals surface area contributed by atoms with Gasteiger partial charge in [0.1, 0.15) is 11.3 Å². The van der Waals surface area contributed by atoms with E-state index < -0.39 is 5.63 Å². The van der Waals surface area contributed by atoms with Gasteiger partial charge in [0.2, 0.25) is 5.91 Å². The molecule has 0 unspecified atom stereocenters. The Morgan fingerprint density at radius 2 is 1.93 bits per heavy atom. The van der Waals surface area contributed by atoms with Crippen LogP contribution in [-0.4, -0.2) is 41.9 Å². The Morgan fingerprint density at radius 1 is 1.11 bits per heavy atom. The van der Waals surface area contributed by atoms with Gasteiger partial charge in [0, 0.05) is 37.6 Å². The maximum absolute atomic E-state index is 12.8. The van der Waals surface area contributed by atoms with Gasteiger partial charge in [-0.05, 0) is 36.2 Å². The molecule has 1 aromatic carbocycles. The molecule has 27 heavy (non-hydrogen) atoms. The van der Waals surface area contributed by atoms with Crippen molar-refractivity contribution in [3.63, 3.8) is 0 Å². The Morgan fingerprint density at radius 3 is 2.67 bits per heavy atom. The summed E-state index contributed by atoms with van der Waals surface area (Å²) < 4.78 is 10.7. The molecular weight excluding hydrogens is 344 g/mol. The quantitative estimate of drug-likeness (QED) is 0.664. The van der Waals surface area contributed by atoms with E-state index in [2.05, 4.69) is 4.90 Å². The van der Waals surface area contributed by atoms with Crippen molar-refractivity contribution in [1.82, 2.24) is 9.80 Å². The Bertz CT molecular complexity index is 999. The van der Waals surface area contributed by atoms with Crippen LogP contribution in [0.5, 0.6) is 0 Å². The van der Waals surface area contributed by atoms with Crippen LogP contribution < -0.4 is 5.63 Å². The molecule has 1 amide bonds. The zero-order valence-electron chi connectivity index (χ0n) is 15.3. The van der Waals surface area contributed by atoms with Crippen molar-refractivity contribution in [2.45, 2.75) is 19.9 Å². The fourth-order valence-corrected chi connectivity index (χ4v) is 3.54. The van der Waals surface area contributed by atoms with Gasteiger partial charge in [-0.1, -0.05) is 12.1 Å². The summed E-state index contributed by atoms with van der Waals surface area (Å²) in [6.45, 7) is 5.68. The summed E-state index contributed by atoms with van der Waals surface area (Å²) in [5.41, 5.74) is 1.86. The maximum atomic E-state index is 12.8. The van der Waals surface area contributed by atoms with E-state index >= 15 is 0 Å². The number of benzene rings is 1. The minimum atomic E-state index is -0.417. The lowest BCUT2D eigenvalue weighted by Crippen LogP contribution is -2.48. The fourth-order valence-electron chi connectivity index (χ4n) is 3.54. The Balaban J connectivity index is 1.43. The van der Waals surface area contributed by atoms with Crippen molar-refractivity contribution < 1.29 is 13.6 Å². The van der Waals surface area contributed by atoms with Crippen molar-refractivity contribution in [3.05, 3.63) is 70.0 Å². The highest BCUT2D eigenvalue weighted by Crippen LogP contribution is 2.20. The number of hydrogen-bond acceptors (Lipinski definition) is 5. The summed E-state index contributed by atoms with van der Waals surface area (Å²) >= 11 is 0. The average molecular weight is 366 g/mol. The lowest BCUT2D eigenvalue weighted by molar-refractivity contribution is -0.132. The van der Waals surface area contributed by atoms with Crippen LogP contribution in [0.3, 0.4) is 0 Å². The van der Waals surface area contributed by atoms with Gasteiger partial charge in [0.25, 0.3) is 0 Å². The minimum Gasteiger partial charge on any atom is -0.468 e. The number of hydrogen-bond donors (Lipinski definition) is 0. The lowest BCUT2D eigenvalue weighted by Gasteiger charge is -2.34. The van der Waals surface area contributed by atoms with Gasteiger partial charge in [-0.3, -0.25) is 9.69 Å². The number of amides is 1. The monoisotopic (exact) mass is 366 g/mol. The standard InChI is InChI=1S/C21H22N2O4/c1-15-4-5-18-16(13-21(25)27-19(18)11-15)12-20(24)23-8-6-22(7-9-23)14-17-3-2-10-26-17/h2-5,10-11,13H,6-9,12,14H2,1H3. The van der Waals surface area contributed by atoms with E-state index in [-0.39, 0.29) is 12.3 Å². The van der Waals surface area contributed by atoms with Gasteiger partial charge in [0.15, 0.2) is 0 Å². The van der Waals surface area contributed by atoms with E-state index in [1.165, 1.54) is 6.07 Å². The van der Waals surface area contributed by atoms with Gasteiger partial charge in [-0.25, -0.2) is 4.79 Å². The van der Waals surface area contributed by atoms with Crippen LogP contribution in [0.1, 0.15) is 16.9 Å². The van der Waals surface area contributed by atoms with Crippen molar-refractivity contribution in [3.8, 4) is 0 Å². The van der Waals surface area contributed by atoms with E-state index in [9.17, 15) is 9.59 Å². The molecule has 0 aliphatic carbocycles. The van der Waals surface area contributed by atoms with Gasteiger partial charge >= 0.3 is 5.63 Å². The number of fused-ring (bicyclic) bond motifs is 1. The first-order valence-corrected chi connectivity index (χ1v) is 9.14. The molecule has 0 bridgehead atoms. The molecular formula is C21H22N2O4. The zero-order valence-corrected chi connectivity index (χ0v) is 15.3. The number of carbonyl (C=O) groups excluding carboxylic acids is 1. The van der Waals surface area contributed by atoms with Gasteiger partial charge < -0.3 is 13.7 Å². The number of rotatable bonds is 4. The molecule has 0 saturated carbocycles. The molecule has 3 heterocycles. The third-order valence-corrected chi connectivity index (χ3v) is 5.01. The smallest absolute Gasteiger partial charge is 0.336 e. The van der Waals surface area contributed by atoms with E-state index in [0.29, 0.717) is 18.7 Å². The first kappa shape index (κ1) is 17.5. The summed E-state index contributed by atoms with van der Waals surface area (Å²) in [5.74, 6) is 0.979. The molecule has 6 nitrogen and oxygen atoms in total. The van der Waals surface area contributed by atoms with Gasteiger partial charge in [-0.15, -0.1) is 0 Å². The normalized spacial score (nSPS) is 15.4. The summed E-state index contributed by atoms with van der Waals surface area (Å²) in [5, 5.41) is 0.824. The van der Waals surface area contributed by atoms with Crippen LogP contribution >= 0.6 is 0 Å². The Hall–Kier alpha value is -2.86. The van der Waals surface area contributed by atoms with Gasteiger partial charge in [0.05, 0.1) is 19.2 Å². The molecule has 4 rings (SSSR count). The molecule has 2 aromatic heterocycles. The van der Waals surface area contributed by atoms with E-state index in [0.717, 1.165) is 41.9 Å². The SMILES string of the molecule is Cc1ccc2c(CC(=O)N3CCN(Cc4ccco4)CC3)cc(=O)oc2c1. The van der Waals surface area contributed by atoms with Crippen molar-refractivity contribution in [2.75, 3.05) is 26.2 Å². The first-order chi connectivity index (χ1) is 13.1. The van der Waals surface area contributed by atoms with Crippen LogP contribution in [0.25, 0.3) is 11.0 Å². The molecule has 1 saturated heterocycles. The maximum Gasteiger partial charge on any atom is 0.336 e. The van der Waals surface area contributed by atoms with Crippen molar-refractivity contribution in [1.29, 1.82) is 0 Å². The predicted molar refractivity (Wildman–Crippen MR) is 101 cm³/mol. The highest BCUT2D eigenvalue weighted by Gasteiger charge is 2.22.